The lowest BCUT2D eigenvalue weighted by Gasteiger charge is -2.43. The number of aromatic nitrogens is 1. The van der Waals surface area contributed by atoms with E-state index >= 15 is 0 Å². The number of rotatable bonds is 5. The molecule has 0 aromatic carbocycles. The molecule has 0 radical (unpaired) electrons. The average molecular weight is 298 g/mol. The first-order chi connectivity index (χ1) is 9.43. The number of aromatic carboxylic acids is 1. The van der Waals surface area contributed by atoms with Crippen molar-refractivity contribution in [2.24, 2.45) is 5.11 Å². The molecule has 1 heterocycles. The zero-order valence-electron chi connectivity index (χ0n) is 10.3. The van der Waals surface area contributed by atoms with Crippen LogP contribution in [0.25, 0.3) is 10.4 Å². The second-order valence-electron chi connectivity index (χ2n) is 4.72. The van der Waals surface area contributed by atoms with E-state index in [4.69, 9.17) is 22.2 Å². The lowest BCUT2D eigenvalue weighted by atomic mass is 9.75. The second-order valence-corrected chi connectivity index (χ2v) is 5.11. The number of carbonyl (C=O) groups is 1. The van der Waals surface area contributed by atoms with E-state index in [9.17, 15) is 9.90 Å². The van der Waals surface area contributed by atoms with E-state index in [2.05, 4.69) is 20.3 Å². The fraction of sp³-hybridized carbons (Fsp3) is 0.455. The minimum absolute atomic E-state index is 0.00453. The van der Waals surface area contributed by atoms with Crippen LogP contribution in [0.15, 0.2) is 17.4 Å². The number of hydrogen-bond donors (Lipinski definition) is 3. The Morgan fingerprint density at radius 1 is 1.70 bits per heavy atom. The number of aliphatic hydroxyl groups is 1. The summed E-state index contributed by atoms with van der Waals surface area (Å²) in [6.07, 6.45) is 1.91. The molecule has 1 fully saturated rings. The summed E-state index contributed by atoms with van der Waals surface area (Å²) in [7, 11) is 0. The molecule has 8 nitrogen and oxygen atoms in total. The Bertz CT molecular complexity index is 581. The summed E-state index contributed by atoms with van der Waals surface area (Å²) in [4.78, 5) is 17.4. The Labute approximate surface area is 119 Å². The quantitative estimate of drug-likeness (QED) is 0.331. The van der Waals surface area contributed by atoms with Crippen molar-refractivity contribution >= 4 is 23.3 Å². The molecule has 0 amide bonds. The SMILES string of the molecule is [N-]=[N+]=NCC1(O)CC(Nc2cc(Cl)ncc2C(=O)O)C1. The van der Waals surface area contributed by atoms with Gasteiger partial charge in [-0.05, 0) is 24.4 Å². The normalized spacial score (nSPS) is 24.4. The highest BCUT2D eigenvalue weighted by molar-refractivity contribution is 6.29. The largest absolute Gasteiger partial charge is 0.478 e. The van der Waals surface area contributed by atoms with Gasteiger partial charge in [-0.1, -0.05) is 16.7 Å². The Balaban J connectivity index is 2.04. The molecule has 1 aromatic heterocycles. The number of nitrogens with one attached hydrogen (secondary N) is 1. The van der Waals surface area contributed by atoms with Gasteiger partial charge in [0.05, 0.1) is 17.8 Å². The number of nitrogens with zero attached hydrogens (tertiary/aromatic N) is 4. The third kappa shape index (κ3) is 3.11. The van der Waals surface area contributed by atoms with Gasteiger partial charge in [-0.15, -0.1) is 0 Å². The van der Waals surface area contributed by atoms with Crippen molar-refractivity contribution in [1.29, 1.82) is 0 Å². The lowest BCUT2D eigenvalue weighted by molar-refractivity contribution is -0.0322. The van der Waals surface area contributed by atoms with Crippen LogP contribution in [0, 0.1) is 0 Å². The molecule has 2 rings (SSSR count). The van der Waals surface area contributed by atoms with Crippen LogP contribution in [0.5, 0.6) is 0 Å². The van der Waals surface area contributed by atoms with E-state index in [1.54, 1.807) is 0 Å². The number of anilines is 1. The predicted molar refractivity (Wildman–Crippen MR) is 71.8 cm³/mol. The molecule has 3 N–H and O–H groups in total. The first-order valence-electron chi connectivity index (χ1n) is 5.82. The van der Waals surface area contributed by atoms with Crippen molar-refractivity contribution in [3.63, 3.8) is 0 Å². The van der Waals surface area contributed by atoms with Gasteiger partial charge in [-0.3, -0.25) is 0 Å². The van der Waals surface area contributed by atoms with Gasteiger partial charge in [0.1, 0.15) is 10.7 Å². The molecular weight excluding hydrogens is 286 g/mol. The molecule has 20 heavy (non-hydrogen) atoms. The first-order valence-corrected chi connectivity index (χ1v) is 6.20. The Hall–Kier alpha value is -2.02. The zero-order chi connectivity index (χ0) is 14.8. The van der Waals surface area contributed by atoms with Gasteiger partial charge < -0.3 is 15.5 Å². The van der Waals surface area contributed by atoms with E-state index in [0.717, 1.165) is 0 Å². The molecule has 0 saturated heterocycles. The molecular formula is C11H12ClN5O3. The highest BCUT2D eigenvalue weighted by Crippen LogP contribution is 2.35. The fourth-order valence-corrected chi connectivity index (χ4v) is 2.35. The number of hydrogen-bond acceptors (Lipinski definition) is 5. The molecule has 0 aliphatic heterocycles. The highest BCUT2D eigenvalue weighted by Gasteiger charge is 2.42. The first kappa shape index (κ1) is 14.4. The van der Waals surface area contributed by atoms with E-state index in [0.29, 0.717) is 18.5 Å². The number of azide groups is 1. The van der Waals surface area contributed by atoms with Crippen LogP contribution >= 0.6 is 11.6 Å². The number of pyridine rings is 1. The van der Waals surface area contributed by atoms with E-state index in [1.165, 1.54) is 12.3 Å². The fourth-order valence-electron chi connectivity index (χ4n) is 2.19. The molecule has 0 atom stereocenters. The van der Waals surface area contributed by atoms with Crippen LogP contribution in [0.2, 0.25) is 5.15 Å². The van der Waals surface area contributed by atoms with Crippen LogP contribution in [0.3, 0.4) is 0 Å². The lowest BCUT2D eigenvalue weighted by Crippen LogP contribution is -2.52. The smallest absolute Gasteiger partial charge is 0.339 e. The summed E-state index contributed by atoms with van der Waals surface area (Å²) in [5.41, 5.74) is 7.57. The number of halogens is 1. The number of carboxylic acids is 1. The second kappa shape index (κ2) is 5.54. The van der Waals surface area contributed by atoms with Crippen LogP contribution in [0.1, 0.15) is 23.2 Å². The van der Waals surface area contributed by atoms with Crippen LogP contribution in [0.4, 0.5) is 5.69 Å². The van der Waals surface area contributed by atoms with Gasteiger partial charge in [0.2, 0.25) is 0 Å². The van der Waals surface area contributed by atoms with Crippen molar-refractivity contribution in [3.05, 3.63) is 33.4 Å². The standard InChI is InChI=1S/C11H12ClN5O3/c12-9-1-8(7(4-14-9)10(18)19)16-6-2-11(20,3-6)5-15-17-13/h1,4,6,20H,2-3,5H2,(H,14,16)(H,18,19). The van der Waals surface area contributed by atoms with Crippen molar-refractivity contribution in [3.8, 4) is 0 Å². The summed E-state index contributed by atoms with van der Waals surface area (Å²) < 4.78 is 0. The molecule has 0 unspecified atom stereocenters. The maximum Gasteiger partial charge on any atom is 0.339 e. The third-order valence-corrected chi connectivity index (χ3v) is 3.35. The van der Waals surface area contributed by atoms with Crippen molar-refractivity contribution in [1.82, 2.24) is 4.98 Å². The highest BCUT2D eigenvalue weighted by atomic mass is 35.5. The average Bonchev–Trinajstić information content (AvgIpc) is 2.34. The van der Waals surface area contributed by atoms with Gasteiger partial charge in [-0.2, -0.15) is 0 Å². The van der Waals surface area contributed by atoms with Gasteiger partial charge in [0.15, 0.2) is 0 Å². The predicted octanol–water partition coefficient (Wildman–Crippen LogP) is 2.05. The Morgan fingerprint density at radius 3 is 3.00 bits per heavy atom. The number of carboxylic acid groups (broad SMARTS) is 1. The molecule has 106 valence electrons. The Morgan fingerprint density at radius 2 is 2.40 bits per heavy atom. The summed E-state index contributed by atoms with van der Waals surface area (Å²) in [5, 5.41) is 25.5. The van der Waals surface area contributed by atoms with Crippen molar-refractivity contribution < 1.29 is 15.0 Å². The molecule has 1 aromatic rings. The van der Waals surface area contributed by atoms with Gasteiger partial charge >= 0.3 is 5.97 Å². The molecule has 9 heteroatoms. The monoisotopic (exact) mass is 297 g/mol. The van der Waals surface area contributed by atoms with Crippen LogP contribution in [-0.4, -0.2) is 39.4 Å². The minimum Gasteiger partial charge on any atom is -0.478 e. The van der Waals surface area contributed by atoms with Crippen molar-refractivity contribution in [2.45, 2.75) is 24.5 Å². The molecule has 1 saturated carbocycles. The summed E-state index contributed by atoms with van der Waals surface area (Å²) in [6.45, 7) is 0.00453. The molecule has 1 aliphatic carbocycles. The summed E-state index contributed by atoms with van der Waals surface area (Å²) in [6, 6.07) is 1.32. The zero-order valence-corrected chi connectivity index (χ0v) is 11.1. The molecule has 0 bridgehead atoms. The maximum absolute atomic E-state index is 11.1. The molecule has 0 spiro atoms. The van der Waals surface area contributed by atoms with Crippen molar-refractivity contribution in [2.75, 3.05) is 11.9 Å². The van der Waals surface area contributed by atoms with Gasteiger partial charge in [0, 0.05) is 17.2 Å². The van der Waals surface area contributed by atoms with E-state index in [1.807, 2.05) is 0 Å². The van der Waals surface area contributed by atoms with Crippen LogP contribution in [-0.2, 0) is 0 Å². The summed E-state index contributed by atoms with van der Waals surface area (Å²) in [5.74, 6) is -1.11. The van der Waals surface area contributed by atoms with E-state index < -0.39 is 11.6 Å². The molecule has 1 aliphatic rings. The van der Waals surface area contributed by atoms with Crippen LogP contribution < -0.4 is 5.32 Å². The van der Waals surface area contributed by atoms with E-state index in [-0.39, 0.29) is 23.3 Å². The maximum atomic E-state index is 11.1. The minimum atomic E-state index is -1.11. The third-order valence-electron chi connectivity index (χ3n) is 3.14. The topological polar surface area (TPSA) is 131 Å². The van der Waals surface area contributed by atoms with Gasteiger partial charge in [-0.25, -0.2) is 9.78 Å². The Kier molecular flexibility index (Phi) is 3.99. The van der Waals surface area contributed by atoms with Gasteiger partial charge in [0.25, 0.3) is 0 Å². The summed E-state index contributed by atoms with van der Waals surface area (Å²) >= 11 is 5.74.